The molecule has 5 aromatic rings. The van der Waals surface area contributed by atoms with Crippen molar-refractivity contribution in [3.63, 3.8) is 0 Å². The van der Waals surface area contributed by atoms with E-state index in [1.165, 1.54) is 6.33 Å². The largest absolute Gasteiger partial charge is 0.389 e. The Labute approximate surface area is 266 Å². The van der Waals surface area contributed by atoms with Crippen molar-refractivity contribution in [3.8, 4) is 11.1 Å². The lowest BCUT2D eigenvalue weighted by molar-refractivity contribution is -0.119. The summed E-state index contributed by atoms with van der Waals surface area (Å²) in [5, 5.41) is 23.9. The lowest BCUT2D eigenvalue weighted by atomic mass is 9.91. The number of fused-ring (bicyclic) bond motifs is 2. The van der Waals surface area contributed by atoms with E-state index < -0.39 is 5.60 Å². The van der Waals surface area contributed by atoms with Crippen molar-refractivity contribution >= 4 is 17.4 Å². The molecule has 2 N–H and O–H groups in total. The Kier molecular flexibility index (Phi) is 7.64. The lowest BCUT2D eigenvalue weighted by Gasteiger charge is -2.27. The van der Waals surface area contributed by atoms with Crippen LogP contribution >= 0.6 is 0 Å². The smallest absolute Gasteiger partial charge is 0.259 e. The average molecular weight is 619 g/mol. The van der Waals surface area contributed by atoms with Crippen LogP contribution in [0.4, 0.5) is 0 Å². The number of amides is 1. The molecule has 2 aromatic carbocycles. The van der Waals surface area contributed by atoms with E-state index in [1.807, 2.05) is 50.3 Å². The van der Waals surface area contributed by atoms with Crippen LogP contribution in [0.2, 0.25) is 0 Å². The number of hydrazone groups is 1. The zero-order chi connectivity index (χ0) is 32.0. The van der Waals surface area contributed by atoms with Crippen molar-refractivity contribution in [1.29, 1.82) is 0 Å². The Morgan fingerprint density at radius 3 is 2.63 bits per heavy atom. The van der Waals surface area contributed by atoms with E-state index >= 15 is 0 Å². The molecule has 0 radical (unpaired) electrons. The molecule has 4 heterocycles. The number of nitrogens with one attached hydrogen (secondary N) is 1. The van der Waals surface area contributed by atoms with Gasteiger partial charge < -0.3 is 5.11 Å². The fourth-order valence-electron chi connectivity index (χ4n) is 6.90. The van der Waals surface area contributed by atoms with Crippen LogP contribution in [-0.4, -0.2) is 51.3 Å². The fraction of sp³-hybridized carbons (Fsp3) is 0.371. The van der Waals surface area contributed by atoms with Gasteiger partial charge in [0.1, 0.15) is 6.33 Å². The number of carbonyl (C=O) groups is 1. The number of aryl methyl sites for hydroxylation is 1. The number of benzene rings is 2. The van der Waals surface area contributed by atoms with Crippen molar-refractivity contribution in [3.05, 3.63) is 105 Å². The van der Waals surface area contributed by atoms with Gasteiger partial charge in [0.15, 0.2) is 0 Å². The molecule has 7 rings (SSSR count). The molecule has 1 amide bonds. The van der Waals surface area contributed by atoms with Crippen molar-refractivity contribution in [2.24, 2.45) is 5.10 Å². The third-order valence-corrected chi connectivity index (χ3v) is 8.92. The molecule has 46 heavy (non-hydrogen) atoms. The van der Waals surface area contributed by atoms with Crippen LogP contribution in [0.1, 0.15) is 79.7 Å². The molecular formula is C35H38N8O3. The average Bonchev–Trinajstić information content (AvgIpc) is 3.79. The number of carbonyl (C=O) groups excluding carboxylic acids is 1. The number of aliphatic hydroxyl groups is 1. The van der Waals surface area contributed by atoms with Gasteiger partial charge in [-0.25, -0.2) is 9.94 Å². The Balaban J connectivity index is 1.30. The van der Waals surface area contributed by atoms with Gasteiger partial charge in [0, 0.05) is 29.3 Å². The molecule has 0 spiro atoms. The Bertz CT molecular complexity index is 2030. The topological polar surface area (TPSA) is 132 Å². The highest BCUT2D eigenvalue weighted by Crippen LogP contribution is 2.31. The second-order valence-electron chi connectivity index (χ2n) is 13.0. The van der Waals surface area contributed by atoms with Crippen LogP contribution < -0.4 is 11.0 Å². The molecular weight excluding hydrogens is 580 g/mol. The fourth-order valence-corrected chi connectivity index (χ4v) is 6.90. The first-order valence-corrected chi connectivity index (χ1v) is 16.0. The van der Waals surface area contributed by atoms with Gasteiger partial charge in [-0.15, -0.1) is 0 Å². The van der Waals surface area contributed by atoms with Crippen molar-refractivity contribution in [2.75, 3.05) is 0 Å². The number of hydrogen-bond donors (Lipinski definition) is 2. The highest BCUT2D eigenvalue weighted by molar-refractivity contribution is 6.16. The number of rotatable bonds is 9. The summed E-state index contributed by atoms with van der Waals surface area (Å²) in [4.78, 5) is 31.3. The molecule has 0 saturated carbocycles. The zero-order valence-corrected chi connectivity index (χ0v) is 26.4. The summed E-state index contributed by atoms with van der Waals surface area (Å²) in [6.07, 6.45) is 7.68. The minimum Gasteiger partial charge on any atom is -0.389 e. The first-order valence-electron chi connectivity index (χ1n) is 16.0. The van der Waals surface area contributed by atoms with Gasteiger partial charge in [-0.05, 0) is 67.9 Å². The molecule has 0 bridgehead atoms. The lowest BCUT2D eigenvalue weighted by Crippen LogP contribution is -2.35. The molecule has 1 aliphatic carbocycles. The quantitative estimate of drug-likeness (QED) is 0.257. The molecule has 0 fully saturated rings. The van der Waals surface area contributed by atoms with Crippen LogP contribution in [-0.2, 0) is 37.0 Å². The first-order chi connectivity index (χ1) is 22.2. The summed E-state index contributed by atoms with van der Waals surface area (Å²) in [6, 6.07) is 16.1. The molecule has 1 atom stereocenters. The van der Waals surface area contributed by atoms with Crippen LogP contribution in [0, 0.1) is 0 Å². The van der Waals surface area contributed by atoms with E-state index in [0.717, 1.165) is 58.5 Å². The van der Waals surface area contributed by atoms with Crippen molar-refractivity contribution in [2.45, 2.75) is 83.9 Å². The minimum absolute atomic E-state index is 0.0509. The third-order valence-electron chi connectivity index (χ3n) is 8.92. The molecule has 3 aromatic heterocycles. The Morgan fingerprint density at radius 1 is 1.07 bits per heavy atom. The maximum absolute atomic E-state index is 14.6. The molecule has 1 unspecified atom stereocenters. The standard InChI is InChI=1S/C35H38N8O3/c1-4-8-31-28(16-22-11-13-26(23-9-6-5-7-10-23)27(15-22)29-18-32(44)40-39-29)33(45)42(34-36-21-38-43(31)34)25-12-14-30-24(17-25)19-37-41(30)20-35(2,3)46/h5-7,9-11,13,15,19,21,25,46H,4,8,12,14,16-18,20H2,1-3H3,(H,40,44). The molecule has 0 saturated heterocycles. The summed E-state index contributed by atoms with van der Waals surface area (Å²) < 4.78 is 5.57. The van der Waals surface area contributed by atoms with E-state index in [4.69, 9.17) is 0 Å². The Morgan fingerprint density at radius 2 is 1.89 bits per heavy atom. The van der Waals surface area contributed by atoms with Gasteiger partial charge in [0.2, 0.25) is 11.7 Å². The van der Waals surface area contributed by atoms with E-state index in [1.54, 1.807) is 13.8 Å². The summed E-state index contributed by atoms with van der Waals surface area (Å²) in [5.74, 6) is 0.421. The van der Waals surface area contributed by atoms with E-state index in [-0.39, 0.29) is 23.9 Å². The van der Waals surface area contributed by atoms with Gasteiger partial charge >= 0.3 is 0 Å². The number of hydrogen-bond acceptors (Lipinski definition) is 7. The van der Waals surface area contributed by atoms with Crippen molar-refractivity contribution < 1.29 is 9.90 Å². The van der Waals surface area contributed by atoms with Crippen molar-refractivity contribution in [1.82, 2.24) is 34.4 Å². The van der Waals surface area contributed by atoms with Gasteiger partial charge in [-0.3, -0.25) is 18.8 Å². The second kappa shape index (κ2) is 11.8. The molecule has 236 valence electrons. The number of aromatic nitrogens is 6. The van der Waals surface area contributed by atoms with Gasteiger partial charge in [0.05, 0.1) is 36.2 Å². The van der Waals surface area contributed by atoms with E-state index in [0.29, 0.717) is 42.9 Å². The summed E-state index contributed by atoms with van der Waals surface area (Å²) in [6.45, 7) is 6.08. The summed E-state index contributed by atoms with van der Waals surface area (Å²) in [5.41, 5.74) is 9.97. The second-order valence-corrected chi connectivity index (χ2v) is 13.0. The van der Waals surface area contributed by atoms with Gasteiger partial charge in [0.25, 0.3) is 5.56 Å². The van der Waals surface area contributed by atoms with Crippen LogP contribution in [0.3, 0.4) is 0 Å². The van der Waals surface area contributed by atoms with Crippen LogP contribution in [0.15, 0.2) is 71.0 Å². The maximum Gasteiger partial charge on any atom is 0.259 e. The number of nitrogens with zero attached hydrogens (tertiary/aromatic N) is 7. The van der Waals surface area contributed by atoms with Gasteiger partial charge in [-0.1, -0.05) is 55.8 Å². The van der Waals surface area contributed by atoms with Crippen LogP contribution in [0.25, 0.3) is 16.9 Å². The zero-order valence-electron chi connectivity index (χ0n) is 26.4. The highest BCUT2D eigenvalue weighted by atomic mass is 16.3. The third kappa shape index (κ3) is 5.55. The Hall–Kier alpha value is -4.90. The normalized spacial score (nSPS) is 16.5. The predicted molar refractivity (Wildman–Crippen MR) is 175 cm³/mol. The highest BCUT2D eigenvalue weighted by Gasteiger charge is 2.30. The molecule has 2 aliphatic rings. The summed E-state index contributed by atoms with van der Waals surface area (Å²) >= 11 is 0. The minimum atomic E-state index is -0.874. The van der Waals surface area contributed by atoms with Crippen LogP contribution in [0.5, 0.6) is 0 Å². The van der Waals surface area contributed by atoms with E-state index in [2.05, 4.69) is 50.8 Å². The first kappa shape index (κ1) is 29.8. The molecule has 11 heteroatoms. The predicted octanol–water partition coefficient (Wildman–Crippen LogP) is 4.02. The molecule has 1 aliphatic heterocycles. The van der Waals surface area contributed by atoms with Gasteiger partial charge in [-0.2, -0.15) is 20.3 Å². The monoisotopic (exact) mass is 618 g/mol. The van der Waals surface area contributed by atoms with E-state index in [9.17, 15) is 14.7 Å². The SMILES string of the molecule is CCCc1c(Cc2ccc(-c3ccccc3)c(C3=NNC(=O)C3)c2)c(=O)n(C2CCc3c(cnn3CC(C)(C)O)C2)c2ncnn12. The molecule has 11 nitrogen and oxygen atoms in total. The maximum atomic E-state index is 14.6. The summed E-state index contributed by atoms with van der Waals surface area (Å²) in [7, 11) is 0.